The average molecular weight is 455 g/mol. The Morgan fingerprint density at radius 3 is 2.50 bits per heavy atom. The average Bonchev–Trinajstić information content (AvgIpc) is 2.52. The van der Waals surface area contributed by atoms with Crippen molar-refractivity contribution < 1.29 is 14.3 Å². The van der Waals surface area contributed by atoms with E-state index in [9.17, 15) is 4.79 Å². The number of hydrogen-bond donors (Lipinski definition) is 2. The van der Waals surface area contributed by atoms with Crippen molar-refractivity contribution in [3.8, 4) is 0 Å². The molecule has 0 aromatic carbocycles. The highest BCUT2D eigenvalue weighted by molar-refractivity contribution is 14.0. The highest BCUT2D eigenvalue weighted by Gasteiger charge is 2.36. The lowest BCUT2D eigenvalue weighted by atomic mass is 9.67. The molecule has 0 aromatic rings. The number of ether oxygens (including phenoxy) is 2. The third-order valence-electron chi connectivity index (χ3n) is 4.50. The Bertz CT molecular complexity index is 374. The van der Waals surface area contributed by atoms with E-state index in [4.69, 9.17) is 9.73 Å². The van der Waals surface area contributed by atoms with E-state index in [0.29, 0.717) is 11.8 Å². The number of unbranched alkanes of at least 4 members (excludes halogenated alkanes) is 1. The number of nitrogens with one attached hydrogen (secondary N) is 2. The maximum Gasteiger partial charge on any atom is 0.305 e. The molecule has 142 valence electrons. The Kier molecular flexibility index (Phi) is 13.4. The molecule has 6 nitrogen and oxygen atoms in total. The molecule has 0 heterocycles. The van der Waals surface area contributed by atoms with Gasteiger partial charge in [-0.25, -0.2) is 0 Å². The van der Waals surface area contributed by atoms with Gasteiger partial charge in [-0.3, -0.25) is 9.79 Å². The molecule has 1 rings (SSSR count). The van der Waals surface area contributed by atoms with Gasteiger partial charge in [-0.2, -0.15) is 0 Å². The Labute approximate surface area is 163 Å². The number of aliphatic imine (C=N–C) groups is 1. The molecule has 1 saturated carbocycles. The normalized spacial score (nSPS) is 15.9. The van der Waals surface area contributed by atoms with Crippen molar-refractivity contribution >= 4 is 35.9 Å². The Balaban J connectivity index is 0.00000529. The highest BCUT2D eigenvalue weighted by atomic mass is 127. The quantitative estimate of drug-likeness (QED) is 0.165. The Hall–Kier alpha value is -0.570. The van der Waals surface area contributed by atoms with Crippen LogP contribution in [0.3, 0.4) is 0 Å². The van der Waals surface area contributed by atoms with E-state index in [0.717, 1.165) is 51.5 Å². The number of carbonyl (C=O) groups excluding carboxylic acids is 1. The molecule has 0 bridgehead atoms. The molecule has 0 atom stereocenters. The molecule has 0 radical (unpaired) electrons. The SMILES string of the molecule is CCNC(=NCC1(CCOC)CCC1)NCCCCC(=O)OC.I. The van der Waals surface area contributed by atoms with Crippen molar-refractivity contribution in [2.45, 2.75) is 51.9 Å². The van der Waals surface area contributed by atoms with Gasteiger partial charge in [0, 0.05) is 39.8 Å². The van der Waals surface area contributed by atoms with Gasteiger partial charge in [0.25, 0.3) is 0 Å². The summed E-state index contributed by atoms with van der Waals surface area (Å²) in [4.78, 5) is 15.8. The van der Waals surface area contributed by atoms with Crippen molar-refractivity contribution in [1.82, 2.24) is 10.6 Å². The summed E-state index contributed by atoms with van der Waals surface area (Å²) in [5, 5.41) is 6.63. The smallest absolute Gasteiger partial charge is 0.305 e. The largest absolute Gasteiger partial charge is 0.469 e. The minimum absolute atomic E-state index is 0. The van der Waals surface area contributed by atoms with E-state index in [1.54, 1.807) is 7.11 Å². The molecular formula is C17H34IN3O3. The van der Waals surface area contributed by atoms with E-state index < -0.39 is 0 Å². The van der Waals surface area contributed by atoms with Gasteiger partial charge in [0.05, 0.1) is 7.11 Å². The predicted octanol–water partition coefficient (Wildman–Crippen LogP) is 2.71. The third kappa shape index (κ3) is 9.05. The van der Waals surface area contributed by atoms with Crippen LogP contribution in [0.25, 0.3) is 0 Å². The molecule has 2 N–H and O–H groups in total. The molecule has 1 aliphatic rings. The van der Waals surface area contributed by atoms with Crippen molar-refractivity contribution in [3.63, 3.8) is 0 Å². The standard InChI is InChI=1S/C17H33N3O3.HI/c1-4-18-16(19-12-6-5-8-15(21)23-3)20-14-17(9-7-10-17)11-13-22-2;/h4-14H2,1-3H3,(H2,18,19,20);1H. The summed E-state index contributed by atoms with van der Waals surface area (Å²) in [7, 11) is 3.19. The van der Waals surface area contributed by atoms with Gasteiger partial charge >= 0.3 is 5.97 Å². The van der Waals surface area contributed by atoms with E-state index in [2.05, 4.69) is 22.3 Å². The zero-order valence-electron chi connectivity index (χ0n) is 15.4. The maximum atomic E-state index is 11.1. The van der Waals surface area contributed by atoms with E-state index in [1.165, 1.54) is 26.4 Å². The summed E-state index contributed by atoms with van der Waals surface area (Å²) >= 11 is 0. The number of halogens is 1. The summed E-state index contributed by atoms with van der Waals surface area (Å²) in [5.41, 5.74) is 0.337. The molecule has 0 aliphatic heterocycles. The summed E-state index contributed by atoms with van der Waals surface area (Å²) in [6, 6.07) is 0. The summed E-state index contributed by atoms with van der Waals surface area (Å²) in [5.74, 6) is 0.727. The number of esters is 1. The fourth-order valence-corrected chi connectivity index (χ4v) is 2.77. The van der Waals surface area contributed by atoms with Crippen molar-refractivity contribution in [2.75, 3.05) is 40.5 Å². The van der Waals surface area contributed by atoms with Crippen LogP contribution in [-0.4, -0.2) is 52.4 Å². The predicted molar refractivity (Wildman–Crippen MR) is 108 cm³/mol. The lowest BCUT2D eigenvalue weighted by molar-refractivity contribution is -0.140. The van der Waals surface area contributed by atoms with Gasteiger partial charge < -0.3 is 20.1 Å². The molecular weight excluding hydrogens is 421 g/mol. The Morgan fingerprint density at radius 2 is 1.96 bits per heavy atom. The highest BCUT2D eigenvalue weighted by Crippen LogP contribution is 2.44. The van der Waals surface area contributed by atoms with Gasteiger partial charge in [0.15, 0.2) is 5.96 Å². The lowest BCUT2D eigenvalue weighted by Crippen LogP contribution is -2.40. The van der Waals surface area contributed by atoms with Crippen LogP contribution in [0, 0.1) is 5.41 Å². The number of guanidine groups is 1. The van der Waals surface area contributed by atoms with Crippen LogP contribution in [0.5, 0.6) is 0 Å². The van der Waals surface area contributed by atoms with Crippen LogP contribution in [0.1, 0.15) is 51.9 Å². The number of carbonyl (C=O) groups is 1. The van der Waals surface area contributed by atoms with Crippen molar-refractivity contribution in [3.05, 3.63) is 0 Å². The minimum atomic E-state index is -0.143. The second kappa shape index (κ2) is 13.7. The molecule has 0 spiro atoms. The molecule has 7 heteroatoms. The summed E-state index contributed by atoms with van der Waals surface area (Å²) in [6.45, 7) is 5.40. The third-order valence-corrected chi connectivity index (χ3v) is 4.50. The van der Waals surface area contributed by atoms with Crippen LogP contribution in [-0.2, 0) is 14.3 Å². The number of hydrogen-bond acceptors (Lipinski definition) is 4. The van der Waals surface area contributed by atoms with Crippen LogP contribution >= 0.6 is 24.0 Å². The van der Waals surface area contributed by atoms with Gasteiger partial charge in [0.1, 0.15) is 0 Å². The van der Waals surface area contributed by atoms with Gasteiger partial charge in [-0.1, -0.05) is 6.42 Å². The zero-order valence-corrected chi connectivity index (χ0v) is 17.7. The maximum absolute atomic E-state index is 11.1. The summed E-state index contributed by atoms with van der Waals surface area (Å²) < 4.78 is 9.87. The lowest BCUT2D eigenvalue weighted by Gasteiger charge is -2.40. The summed E-state index contributed by atoms with van der Waals surface area (Å²) in [6.07, 6.45) is 7.12. The molecule has 0 unspecified atom stereocenters. The molecule has 1 fully saturated rings. The monoisotopic (exact) mass is 455 g/mol. The molecule has 0 saturated heterocycles. The van der Waals surface area contributed by atoms with E-state index >= 15 is 0 Å². The Morgan fingerprint density at radius 1 is 1.21 bits per heavy atom. The first-order valence-corrected chi connectivity index (χ1v) is 8.74. The van der Waals surface area contributed by atoms with Crippen LogP contribution in [0.4, 0.5) is 0 Å². The van der Waals surface area contributed by atoms with E-state index in [-0.39, 0.29) is 29.9 Å². The van der Waals surface area contributed by atoms with Gasteiger partial charge in [-0.15, -0.1) is 24.0 Å². The molecule has 1 aliphatic carbocycles. The number of nitrogens with zero attached hydrogens (tertiary/aromatic N) is 1. The fraction of sp³-hybridized carbons (Fsp3) is 0.882. The van der Waals surface area contributed by atoms with E-state index in [1.807, 2.05) is 0 Å². The van der Waals surface area contributed by atoms with Gasteiger partial charge in [0.2, 0.25) is 0 Å². The van der Waals surface area contributed by atoms with Crippen LogP contribution < -0.4 is 10.6 Å². The molecule has 0 amide bonds. The minimum Gasteiger partial charge on any atom is -0.469 e. The van der Waals surface area contributed by atoms with Crippen LogP contribution in [0.2, 0.25) is 0 Å². The fourth-order valence-electron chi connectivity index (χ4n) is 2.77. The van der Waals surface area contributed by atoms with Crippen molar-refractivity contribution in [1.29, 1.82) is 0 Å². The second-order valence-corrected chi connectivity index (χ2v) is 6.25. The van der Waals surface area contributed by atoms with Crippen LogP contribution in [0.15, 0.2) is 4.99 Å². The first-order chi connectivity index (χ1) is 11.2. The first-order valence-electron chi connectivity index (χ1n) is 8.74. The van der Waals surface area contributed by atoms with Crippen molar-refractivity contribution in [2.24, 2.45) is 10.4 Å². The first kappa shape index (κ1) is 23.4. The number of rotatable bonds is 11. The second-order valence-electron chi connectivity index (χ2n) is 6.25. The molecule has 0 aromatic heterocycles. The molecule has 24 heavy (non-hydrogen) atoms. The number of methoxy groups -OCH3 is 2. The zero-order chi connectivity index (χ0) is 17.0. The van der Waals surface area contributed by atoms with Gasteiger partial charge in [-0.05, 0) is 44.4 Å². The topological polar surface area (TPSA) is 72.0 Å².